The van der Waals surface area contributed by atoms with Gasteiger partial charge in [0.05, 0.1) is 11.0 Å². The zero-order valence-electron chi connectivity index (χ0n) is 8.87. The number of rotatable bonds is 6. The molecule has 0 bridgehead atoms. The predicted molar refractivity (Wildman–Crippen MR) is 59.0 cm³/mol. The fraction of sp³-hybridized carbons (Fsp3) is 0.455. The number of aliphatic hydroxyl groups excluding tert-OH is 2. The lowest BCUT2D eigenvalue weighted by molar-refractivity contribution is -0.384. The first kappa shape index (κ1) is 12.6. The van der Waals surface area contributed by atoms with Crippen molar-refractivity contribution in [2.45, 2.75) is 25.4 Å². The highest BCUT2D eigenvalue weighted by atomic mass is 16.6. The number of unbranched alkanes of at least 4 members (excludes halogenated alkanes) is 1. The zero-order valence-corrected chi connectivity index (χ0v) is 8.87. The molecule has 5 heteroatoms. The number of nitro groups is 1. The topological polar surface area (TPSA) is 83.6 Å². The second kappa shape index (κ2) is 6.19. The van der Waals surface area contributed by atoms with E-state index in [1.165, 1.54) is 12.1 Å². The van der Waals surface area contributed by atoms with E-state index in [1.54, 1.807) is 12.1 Å². The molecule has 5 nitrogen and oxygen atoms in total. The highest BCUT2D eigenvalue weighted by Crippen LogP contribution is 2.21. The highest BCUT2D eigenvalue weighted by molar-refractivity contribution is 5.33. The molecule has 1 rings (SSSR count). The van der Waals surface area contributed by atoms with Crippen molar-refractivity contribution in [1.29, 1.82) is 0 Å². The molecule has 1 aromatic carbocycles. The van der Waals surface area contributed by atoms with Crippen LogP contribution in [0.4, 0.5) is 5.69 Å². The molecule has 1 aromatic rings. The van der Waals surface area contributed by atoms with Crippen molar-refractivity contribution in [3.63, 3.8) is 0 Å². The van der Waals surface area contributed by atoms with E-state index < -0.39 is 11.0 Å². The number of non-ortho nitro benzene ring substituents is 1. The highest BCUT2D eigenvalue weighted by Gasteiger charge is 2.09. The summed E-state index contributed by atoms with van der Waals surface area (Å²) in [7, 11) is 0. The van der Waals surface area contributed by atoms with Gasteiger partial charge in [0.2, 0.25) is 0 Å². The molecule has 16 heavy (non-hydrogen) atoms. The molecular weight excluding hydrogens is 210 g/mol. The molecule has 0 aromatic heterocycles. The largest absolute Gasteiger partial charge is 0.396 e. The van der Waals surface area contributed by atoms with Crippen LogP contribution in [0.3, 0.4) is 0 Å². The molecule has 2 N–H and O–H groups in total. The molecule has 0 radical (unpaired) electrons. The van der Waals surface area contributed by atoms with Gasteiger partial charge in [-0.1, -0.05) is 0 Å². The summed E-state index contributed by atoms with van der Waals surface area (Å²) in [6.45, 7) is 0.118. The van der Waals surface area contributed by atoms with Crippen molar-refractivity contribution in [3.05, 3.63) is 39.9 Å². The Kier molecular flexibility index (Phi) is 4.88. The molecule has 1 atom stereocenters. The van der Waals surface area contributed by atoms with E-state index in [0.717, 1.165) is 6.42 Å². The van der Waals surface area contributed by atoms with E-state index in [1.807, 2.05) is 0 Å². The smallest absolute Gasteiger partial charge is 0.269 e. The molecule has 0 fully saturated rings. The van der Waals surface area contributed by atoms with Crippen molar-refractivity contribution >= 4 is 5.69 Å². The van der Waals surface area contributed by atoms with Gasteiger partial charge in [0.25, 0.3) is 5.69 Å². The maximum Gasteiger partial charge on any atom is 0.269 e. The van der Waals surface area contributed by atoms with Gasteiger partial charge in [0, 0.05) is 18.7 Å². The summed E-state index contributed by atoms with van der Waals surface area (Å²) in [5, 5.41) is 28.7. The van der Waals surface area contributed by atoms with E-state index >= 15 is 0 Å². The Balaban J connectivity index is 2.56. The lowest BCUT2D eigenvalue weighted by Crippen LogP contribution is -1.98. The summed E-state index contributed by atoms with van der Waals surface area (Å²) >= 11 is 0. The van der Waals surface area contributed by atoms with Gasteiger partial charge in [0.15, 0.2) is 0 Å². The number of nitro benzene ring substituents is 1. The van der Waals surface area contributed by atoms with Crippen LogP contribution in [0.5, 0.6) is 0 Å². The Morgan fingerprint density at radius 1 is 1.25 bits per heavy atom. The normalized spacial score (nSPS) is 12.4. The van der Waals surface area contributed by atoms with Gasteiger partial charge in [-0.15, -0.1) is 0 Å². The first-order valence-corrected chi connectivity index (χ1v) is 5.18. The Labute approximate surface area is 93.5 Å². The third-order valence-electron chi connectivity index (χ3n) is 2.37. The molecule has 0 saturated heterocycles. The molecule has 0 amide bonds. The van der Waals surface area contributed by atoms with Crippen molar-refractivity contribution in [2.24, 2.45) is 0 Å². The maximum absolute atomic E-state index is 10.4. The van der Waals surface area contributed by atoms with Gasteiger partial charge >= 0.3 is 0 Å². The second-order valence-corrected chi connectivity index (χ2v) is 3.58. The minimum atomic E-state index is -0.618. The number of hydrogen-bond donors (Lipinski definition) is 2. The summed E-state index contributed by atoms with van der Waals surface area (Å²) in [6, 6.07) is 5.87. The van der Waals surface area contributed by atoms with E-state index in [-0.39, 0.29) is 12.3 Å². The molecule has 0 aliphatic rings. The quantitative estimate of drug-likeness (QED) is 0.439. The van der Waals surface area contributed by atoms with Gasteiger partial charge in [-0.3, -0.25) is 10.1 Å². The molecule has 0 heterocycles. The summed E-state index contributed by atoms with van der Waals surface area (Å²) < 4.78 is 0. The van der Waals surface area contributed by atoms with Crippen molar-refractivity contribution in [2.75, 3.05) is 6.61 Å². The van der Waals surface area contributed by atoms with Gasteiger partial charge in [-0.25, -0.2) is 0 Å². The average molecular weight is 225 g/mol. The van der Waals surface area contributed by atoms with E-state index in [9.17, 15) is 15.2 Å². The molecule has 0 spiro atoms. The molecule has 0 aliphatic carbocycles. The summed E-state index contributed by atoms with van der Waals surface area (Å²) in [5.74, 6) is 0. The van der Waals surface area contributed by atoms with Crippen molar-refractivity contribution in [1.82, 2.24) is 0 Å². The van der Waals surface area contributed by atoms with E-state index in [4.69, 9.17) is 5.11 Å². The zero-order chi connectivity index (χ0) is 12.0. The molecule has 1 unspecified atom stereocenters. The summed E-state index contributed by atoms with van der Waals surface area (Å²) in [6.07, 6.45) is 1.32. The van der Waals surface area contributed by atoms with E-state index in [2.05, 4.69) is 0 Å². The SMILES string of the molecule is O=[N+]([O-])c1ccc(C(O)CCCCO)cc1. The standard InChI is InChI=1S/C11H15NO4/c13-8-2-1-3-11(14)9-4-6-10(7-5-9)12(15)16/h4-7,11,13-14H,1-3,8H2. The average Bonchev–Trinajstić information content (AvgIpc) is 2.29. The molecular formula is C11H15NO4. The predicted octanol–water partition coefficient (Wildman–Crippen LogP) is 1.79. The number of hydrogen-bond acceptors (Lipinski definition) is 4. The van der Waals surface area contributed by atoms with Gasteiger partial charge in [-0.05, 0) is 37.0 Å². The molecule has 0 aliphatic heterocycles. The Bertz CT molecular complexity index is 336. The number of aliphatic hydroxyl groups is 2. The maximum atomic E-state index is 10.4. The van der Waals surface area contributed by atoms with Crippen LogP contribution < -0.4 is 0 Å². The fourth-order valence-electron chi connectivity index (χ4n) is 1.43. The minimum Gasteiger partial charge on any atom is -0.396 e. The fourth-order valence-corrected chi connectivity index (χ4v) is 1.43. The lowest BCUT2D eigenvalue weighted by Gasteiger charge is -2.09. The number of benzene rings is 1. The third-order valence-corrected chi connectivity index (χ3v) is 2.37. The van der Waals surface area contributed by atoms with Crippen LogP contribution in [0.25, 0.3) is 0 Å². The van der Waals surface area contributed by atoms with Crippen LogP contribution in [-0.2, 0) is 0 Å². The third kappa shape index (κ3) is 3.60. The van der Waals surface area contributed by atoms with Crippen LogP contribution in [0.1, 0.15) is 30.9 Å². The Hall–Kier alpha value is -1.46. The lowest BCUT2D eigenvalue weighted by atomic mass is 10.0. The Morgan fingerprint density at radius 2 is 1.88 bits per heavy atom. The number of nitrogens with zero attached hydrogens (tertiary/aromatic N) is 1. The minimum absolute atomic E-state index is 0.0197. The van der Waals surface area contributed by atoms with Gasteiger partial charge in [-0.2, -0.15) is 0 Å². The van der Waals surface area contributed by atoms with Crippen LogP contribution >= 0.6 is 0 Å². The van der Waals surface area contributed by atoms with Crippen LogP contribution in [0, 0.1) is 10.1 Å². The summed E-state index contributed by atoms with van der Waals surface area (Å²) in [5.41, 5.74) is 0.690. The van der Waals surface area contributed by atoms with Crippen LogP contribution in [0.15, 0.2) is 24.3 Å². The monoisotopic (exact) mass is 225 g/mol. The summed E-state index contributed by atoms with van der Waals surface area (Å²) in [4.78, 5) is 9.94. The molecule has 88 valence electrons. The Morgan fingerprint density at radius 3 is 2.38 bits per heavy atom. The van der Waals surface area contributed by atoms with Crippen LogP contribution in [0.2, 0.25) is 0 Å². The van der Waals surface area contributed by atoms with Crippen LogP contribution in [-0.4, -0.2) is 21.7 Å². The first-order valence-electron chi connectivity index (χ1n) is 5.18. The first-order chi connectivity index (χ1) is 7.65. The van der Waals surface area contributed by atoms with Gasteiger partial charge < -0.3 is 10.2 Å². The van der Waals surface area contributed by atoms with E-state index in [0.29, 0.717) is 18.4 Å². The van der Waals surface area contributed by atoms with Crippen molar-refractivity contribution < 1.29 is 15.1 Å². The van der Waals surface area contributed by atoms with Gasteiger partial charge in [0.1, 0.15) is 0 Å². The van der Waals surface area contributed by atoms with Crippen molar-refractivity contribution in [3.8, 4) is 0 Å². The molecule has 0 saturated carbocycles. The second-order valence-electron chi connectivity index (χ2n) is 3.58.